The Balaban J connectivity index is 2.35. The van der Waals surface area contributed by atoms with Crippen molar-refractivity contribution >= 4 is 23.2 Å². The van der Waals surface area contributed by atoms with Gasteiger partial charge in [0.2, 0.25) is 5.88 Å². The number of hydrogen-bond acceptors (Lipinski definition) is 2. The Morgan fingerprint density at radius 2 is 0.966 bits per heavy atom. The zero-order valence-electron chi connectivity index (χ0n) is 17.7. The molecular formula is C26H31NOP+. The second-order valence-electron chi connectivity index (χ2n) is 7.81. The van der Waals surface area contributed by atoms with Crippen molar-refractivity contribution in [3.8, 4) is 0 Å². The van der Waals surface area contributed by atoms with Crippen LogP contribution in [0.25, 0.3) is 0 Å². The summed E-state index contributed by atoms with van der Waals surface area (Å²) in [4.78, 5) is 2.09. The van der Waals surface area contributed by atoms with Gasteiger partial charge in [-0.2, -0.15) is 0 Å². The van der Waals surface area contributed by atoms with Gasteiger partial charge in [0, 0.05) is 12.1 Å². The van der Waals surface area contributed by atoms with Crippen molar-refractivity contribution in [2.24, 2.45) is 0 Å². The van der Waals surface area contributed by atoms with Crippen LogP contribution in [0.2, 0.25) is 0 Å². The predicted molar refractivity (Wildman–Crippen MR) is 128 cm³/mol. The lowest BCUT2D eigenvalue weighted by Crippen LogP contribution is -2.37. The standard InChI is InChI=1S/C26H30NOP/c1-21(2)27(22(3)4)26(28)20-29(23-14-8-5-9-15-23,24-16-10-6-11-17-24)25-18-12-7-13-19-25/h5-22H,1-4H3/p+1/b26-20-. The number of benzene rings is 3. The molecule has 0 unspecified atom stereocenters. The van der Waals surface area contributed by atoms with Crippen molar-refractivity contribution in [1.29, 1.82) is 0 Å². The second-order valence-corrected chi connectivity index (χ2v) is 11.1. The number of hydrogen-bond donors (Lipinski definition) is 1. The van der Waals surface area contributed by atoms with Crippen molar-refractivity contribution in [2.45, 2.75) is 39.8 Å². The molecule has 3 heteroatoms. The topological polar surface area (TPSA) is 23.5 Å². The molecule has 2 nitrogen and oxygen atoms in total. The van der Waals surface area contributed by atoms with Gasteiger partial charge in [0.25, 0.3) is 0 Å². The molecule has 0 radical (unpaired) electrons. The van der Waals surface area contributed by atoms with E-state index in [4.69, 9.17) is 0 Å². The Kier molecular flexibility index (Phi) is 6.77. The third kappa shape index (κ3) is 4.38. The number of rotatable bonds is 7. The molecule has 29 heavy (non-hydrogen) atoms. The quantitative estimate of drug-likeness (QED) is 0.418. The van der Waals surface area contributed by atoms with E-state index in [0.717, 1.165) is 0 Å². The fourth-order valence-electron chi connectivity index (χ4n) is 4.03. The van der Waals surface area contributed by atoms with Crippen LogP contribution in [0, 0.1) is 0 Å². The van der Waals surface area contributed by atoms with Gasteiger partial charge in [0.1, 0.15) is 29.0 Å². The summed E-state index contributed by atoms with van der Waals surface area (Å²) in [6, 6.07) is 32.2. The average molecular weight is 405 g/mol. The van der Waals surface area contributed by atoms with E-state index >= 15 is 0 Å². The van der Waals surface area contributed by atoms with Crippen molar-refractivity contribution in [3.63, 3.8) is 0 Å². The highest BCUT2D eigenvalue weighted by Crippen LogP contribution is 2.57. The van der Waals surface area contributed by atoms with Crippen molar-refractivity contribution in [1.82, 2.24) is 4.90 Å². The van der Waals surface area contributed by atoms with E-state index < -0.39 is 7.26 Å². The minimum Gasteiger partial charge on any atom is -0.492 e. The maximum atomic E-state index is 11.4. The number of aliphatic hydroxyl groups excluding tert-OH is 1. The summed E-state index contributed by atoms with van der Waals surface area (Å²) in [6.07, 6.45) is 0. The minimum absolute atomic E-state index is 0.204. The maximum absolute atomic E-state index is 11.4. The molecule has 0 fully saturated rings. The third-order valence-corrected chi connectivity index (χ3v) is 9.13. The van der Waals surface area contributed by atoms with Gasteiger partial charge in [-0.15, -0.1) is 0 Å². The molecule has 0 aromatic heterocycles. The van der Waals surface area contributed by atoms with Crippen LogP contribution in [0.5, 0.6) is 0 Å². The molecule has 0 saturated carbocycles. The SMILES string of the molecule is CC(C)N(/C(O)=C/[P+](c1ccccc1)(c1ccccc1)c1ccccc1)C(C)C. The normalized spacial score (nSPS) is 12.4. The van der Waals surface area contributed by atoms with Gasteiger partial charge in [-0.3, -0.25) is 0 Å². The third-order valence-electron chi connectivity index (χ3n) is 5.18. The van der Waals surface area contributed by atoms with Crippen LogP contribution in [0.1, 0.15) is 27.7 Å². The molecule has 3 aromatic carbocycles. The van der Waals surface area contributed by atoms with Crippen molar-refractivity contribution in [3.05, 3.63) is 103 Å². The zero-order valence-corrected chi connectivity index (χ0v) is 18.6. The molecule has 3 rings (SSSR count). The minimum atomic E-state index is -2.20. The summed E-state index contributed by atoms with van der Waals surface area (Å²) in [5, 5.41) is 15.1. The van der Waals surface area contributed by atoms with Crippen LogP contribution < -0.4 is 15.9 Å². The molecule has 0 amide bonds. The Hall–Kier alpha value is -2.57. The van der Waals surface area contributed by atoms with Crippen LogP contribution in [0.15, 0.2) is 103 Å². The number of nitrogens with zero attached hydrogens (tertiary/aromatic N) is 1. The molecule has 0 saturated heterocycles. The lowest BCUT2D eigenvalue weighted by molar-refractivity contribution is 0.135. The smallest absolute Gasteiger partial charge is 0.224 e. The molecule has 0 aliphatic rings. The first-order chi connectivity index (χ1) is 14.0. The van der Waals surface area contributed by atoms with Gasteiger partial charge in [-0.1, -0.05) is 54.6 Å². The first kappa shape index (κ1) is 21.1. The zero-order chi connectivity index (χ0) is 20.9. The first-order valence-electron chi connectivity index (χ1n) is 10.2. The van der Waals surface area contributed by atoms with Gasteiger partial charge in [0.15, 0.2) is 0 Å². The summed E-state index contributed by atoms with van der Waals surface area (Å²) < 4.78 is 0. The van der Waals surface area contributed by atoms with Gasteiger partial charge in [-0.25, -0.2) is 0 Å². The highest BCUT2D eigenvalue weighted by atomic mass is 31.2. The highest BCUT2D eigenvalue weighted by Gasteiger charge is 2.45. The van der Waals surface area contributed by atoms with E-state index in [9.17, 15) is 5.11 Å². The Bertz CT molecular complexity index is 816. The Morgan fingerprint density at radius 3 is 1.24 bits per heavy atom. The Labute approximate surface area is 175 Å². The Morgan fingerprint density at radius 1 is 0.655 bits per heavy atom. The van der Waals surface area contributed by atoms with Gasteiger partial charge in [0.05, 0.1) is 0 Å². The number of aliphatic hydroxyl groups is 1. The molecule has 0 spiro atoms. The fraction of sp³-hybridized carbons (Fsp3) is 0.231. The van der Waals surface area contributed by atoms with E-state index in [1.807, 2.05) is 18.2 Å². The fourth-order valence-corrected chi connectivity index (χ4v) is 7.77. The largest absolute Gasteiger partial charge is 0.492 e. The summed E-state index contributed by atoms with van der Waals surface area (Å²) in [7, 11) is -2.20. The van der Waals surface area contributed by atoms with Crippen molar-refractivity contribution < 1.29 is 5.11 Å². The molecular weight excluding hydrogens is 373 g/mol. The van der Waals surface area contributed by atoms with Gasteiger partial charge < -0.3 is 10.0 Å². The molecule has 0 heterocycles. The molecule has 0 aliphatic carbocycles. The maximum Gasteiger partial charge on any atom is 0.224 e. The van der Waals surface area contributed by atoms with E-state index in [-0.39, 0.29) is 12.1 Å². The van der Waals surface area contributed by atoms with Crippen LogP contribution in [-0.2, 0) is 0 Å². The summed E-state index contributed by atoms with van der Waals surface area (Å²) >= 11 is 0. The monoisotopic (exact) mass is 404 g/mol. The lowest BCUT2D eigenvalue weighted by atomic mass is 10.2. The molecule has 0 bridgehead atoms. The first-order valence-corrected chi connectivity index (χ1v) is 12.1. The van der Waals surface area contributed by atoms with Gasteiger partial charge in [-0.05, 0) is 64.1 Å². The summed E-state index contributed by atoms with van der Waals surface area (Å²) in [5.41, 5.74) is 0. The van der Waals surface area contributed by atoms with E-state index in [1.165, 1.54) is 15.9 Å². The van der Waals surface area contributed by atoms with Gasteiger partial charge >= 0.3 is 0 Å². The van der Waals surface area contributed by atoms with E-state index in [1.54, 1.807) is 0 Å². The lowest BCUT2D eigenvalue weighted by Gasteiger charge is -2.33. The summed E-state index contributed by atoms with van der Waals surface area (Å²) in [5.74, 6) is 2.48. The van der Waals surface area contributed by atoms with Crippen LogP contribution >= 0.6 is 7.26 Å². The molecule has 0 atom stereocenters. The molecule has 150 valence electrons. The van der Waals surface area contributed by atoms with Crippen molar-refractivity contribution in [2.75, 3.05) is 0 Å². The molecule has 3 aromatic rings. The van der Waals surface area contributed by atoms with E-state index in [0.29, 0.717) is 5.88 Å². The predicted octanol–water partition coefficient (Wildman–Crippen LogP) is 5.46. The average Bonchev–Trinajstić information content (AvgIpc) is 2.73. The highest BCUT2D eigenvalue weighted by molar-refractivity contribution is 7.98. The van der Waals surface area contributed by atoms with Crippen LogP contribution in [-0.4, -0.2) is 22.1 Å². The summed E-state index contributed by atoms with van der Waals surface area (Å²) in [6.45, 7) is 8.49. The van der Waals surface area contributed by atoms with E-state index in [2.05, 4.69) is 111 Å². The van der Waals surface area contributed by atoms with Crippen LogP contribution in [0.4, 0.5) is 0 Å². The second kappa shape index (κ2) is 9.29. The molecule has 1 N–H and O–H groups in total. The molecule has 0 aliphatic heterocycles. The van der Waals surface area contributed by atoms with Crippen LogP contribution in [0.3, 0.4) is 0 Å².